The van der Waals surface area contributed by atoms with Gasteiger partial charge in [0.25, 0.3) is 0 Å². The van der Waals surface area contributed by atoms with Crippen molar-refractivity contribution in [3.63, 3.8) is 0 Å². The lowest BCUT2D eigenvalue weighted by Crippen LogP contribution is -2.28. The molecule has 1 saturated carbocycles. The summed E-state index contributed by atoms with van der Waals surface area (Å²) in [4.78, 5) is 21.4. The van der Waals surface area contributed by atoms with Gasteiger partial charge in [-0.1, -0.05) is 40.9 Å². The Hall–Kier alpha value is -3.26. The second-order valence-electron chi connectivity index (χ2n) is 9.39. The lowest BCUT2D eigenvalue weighted by molar-refractivity contribution is -0.143. The van der Waals surface area contributed by atoms with E-state index in [4.69, 9.17) is 9.72 Å². The number of halogens is 2. The summed E-state index contributed by atoms with van der Waals surface area (Å²) in [6.07, 6.45) is 5.00. The third-order valence-corrected chi connectivity index (χ3v) is 7.36. The summed E-state index contributed by atoms with van der Waals surface area (Å²) in [5.74, 6) is -0.532. The number of rotatable bonds is 7. The summed E-state index contributed by atoms with van der Waals surface area (Å²) >= 11 is 3.32. The fourth-order valence-corrected chi connectivity index (χ4v) is 5.29. The van der Waals surface area contributed by atoms with Crippen LogP contribution in [0, 0.1) is 18.7 Å². The first-order valence-corrected chi connectivity index (χ1v) is 12.9. The smallest absolute Gasteiger partial charge is 0.307 e. The van der Waals surface area contributed by atoms with Gasteiger partial charge in [-0.2, -0.15) is 0 Å². The first-order chi connectivity index (χ1) is 17.4. The molecule has 36 heavy (non-hydrogen) atoms. The minimum absolute atomic E-state index is 0.233. The number of carbonyl (C=O) groups is 1. The first-order valence-electron chi connectivity index (χ1n) is 12.1. The molecule has 2 atom stereocenters. The molecule has 1 N–H and O–H groups in total. The molecule has 0 bridgehead atoms. The Morgan fingerprint density at radius 2 is 2.00 bits per heavy atom. The maximum atomic E-state index is 14.8. The molecule has 1 aliphatic carbocycles. The quantitative estimate of drug-likeness (QED) is 0.279. The molecule has 2 heterocycles. The van der Waals surface area contributed by atoms with Crippen LogP contribution in [-0.4, -0.2) is 25.6 Å². The van der Waals surface area contributed by atoms with Crippen LogP contribution in [0.4, 0.5) is 4.39 Å². The van der Waals surface area contributed by atoms with Crippen molar-refractivity contribution in [1.82, 2.24) is 14.5 Å². The highest BCUT2D eigenvalue weighted by molar-refractivity contribution is 9.10. The Kier molecular flexibility index (Phi) is 7.05. The van der Waals surface area contributed by atoms with Crippen LogP contribution in [0.1, 0.15) is 54.2 Å². The molecule has 0 aliphatic heterocycles. The zero-order chi connectivity index (χ0) is 25.2. The van der Waals surface area contributed by atoms with Crippen molar-refractivity contribution in [3.8, 4) is 5.75 Å². The van der Waals surface area contributed by atoms with Crippen LogP contribution in [0.5, 0.6) is 5.75 Å². The zero-order valence-electron chi connectivity index (χ0n) is 20.0. The summed E-state index contributed by atoms with van der Waals surface area (Å²) in [6, 6.07) is 14.5. The average Bonchev–Trinajstić information content (AvgIpc) is 3.22. The largest absolute Gasteiger partial charge is 0.487 e. The third-order valence-electron chi connectivity index (χ3n) is 6.87. The average molecular weight is 552 g/mol. The summed E-state index contributed by atoms with van der Waals surface area (Å²) in [5, 5.41) is 9.91. The van der Waals surface area contributed by atoms with Gasteiger partial charge in [-0.25, -0.2) is 9.37 Å². The van der Waals surface area contributed by atoms with E-state index in [9.17, 15) is 14.3 Å². The lowest BCUT2D eigenvalue weighted by atomic mass is 9.78. The van der Waals surface area contributed by atoms with E-state index in [1.165, 1.54) is 6.07 Å². The number of aryl methyl sites for hydroxylation is 1. The molecule has 186 valence electrons. The Labute approximate surface area is 217 Å². The van der Waals surface area contributed by atoms with Crippen LogP contribution in [0.25, 0.3) is 11.0 Å². The number of pyridine rings is 1. The molecule has 2 aromatic carbocycles. The van der Waals surface area contributed by atoms with Crippen molar-refractivity contribution in [3.05, 3.63) is 87.7 Å². The number of hydrogen-bond acceptors (Lipinski definition) is 4. The number of nitrogens with zero attached hydrogens (tertiary/aromatic N) is 3. The van der Waals surface area contributed by atoms with Crippen molar-refractivity contribution in [1.29, 1.82) is 0 Å². The maximum absolute atomic E-state index is 14.8. The molecule has 8 heteroatoms. The lowest BCUT2D eigenvalue weighted by Gasteiger charge is -2.28. The van der Waals surface area contributed by atoms with Crippen molar-refractivity contribution in [2.75, 3.05) is 0 Å². The highest BCUT2D eigenvalue weighted by Crippen LogP contribution is 2.39. The van der Waals surface area contributed by atoms with E-state index in [2.05, 4.69) is 20.9 Å². The fourth-order valence-electron chi connectivity index (χ4n) is 4.96. The number of carboxylic acids is 1. The number of aromatic nitrogens is 3. The Bertz CT molecular complexity index is 1400. The van der Waals surface area contributed by atoms with Gasteiger partial charge in [0, 0.05) is 28.2 Å². The SMILES string of the molecule is Cc1ccc(COc2ccc3nc(C4CCCC[C@@H]4C(=O)O)n(Cc4ccc(Br)cc4F)c3c2)nc1. The van der Waals surface area contributed by atoms with E-state index >= 15 is 0 Å². The molecule has 0 amide bonds. The van der Waals surface area contributed by atoms with E-state index in [1.54, 1.807) is 18.3 Å². The summed E-state index contributed by atoms with van der Waals surface area (Å²) in [5.41, 5.74) is 3.93. The standard InChI is InChI=1S/C28H27BrFN3O3/c1-17-6-9-20(31-14-17)16-36-21-10-11-25-26(13-21)33(15-18-7-8-19(29)12-24(18)30)27(32-25)22-4-2-3-5-23(22)28(34)35/h6-14,22-23H,2-5,15-16H2,1H3,(H,34,35)/t22?,23-/m0/s1. The van der Waals surface area contributed by atoms with Crippen LogP contribution in [0.3, 0.4) is 0 Å². The van der Waals surface area contributed by atoms with E-state index < -0.39 is 11.9 Å². The van der Waals surface area contributed by atoms with Crippen molar-refractivity contribution in [2.24, 2.45) is 5.92 Å². The fraction of sp³-hybridized carbons (Fsp3) is 0.321. The number of aliphatic carboxylic acids is 1. The van der Waals surface area contributed by atoms with Gasteiger partial charge in [0.05, 0.1) is 29.2 Å². The van der Waals surface area contributed by atoms with Gasteiger partial charge >= 0.3 is 5.97 Å². The minimum Gasteiger partial charge on any atom is -0.487 e. The minimum atomic E-state index is -0.803. The molecule has 0 radical (unpaired) electrons. The number of hydrogen-bond donors (Lipinski definition) is 1. The van der Waals surface area contributed by atoms with Gasteiger partial charge in [0.15, 0.2) is 0 Å². The molecule has 1 fully saturated rings. The molecule has 1 unspecified atom stereocenters. The van der Waals surface area contributed by atoms with Crippen LogP contribution >= 0.6 is 15.9 Å². The zero-order valence-corrected chi connectivity index (χ0v) is 21.5. The number of imidazole rings is 1. The van der Waals surface area contributed by atoms with Gasteiger partial charge in [-0.15, -0.1) is 0 Å². The molecule has 0 saturated heterocycles. The molecule has 0 spiro atoms. The topological polar surface area (TPSA) is 77.2 Å². The van der Waals surface area contributed by atoms with Crippen LogP contribution in [-0.2, 0) is 17.9 Å². The normalized spacial score (nSPS) is 17.9. The number of carboxylic acid groups (broad SMARTS) is 1. The molecule has 5 rings (SSSR count). The second kappa shape index (κ2) is 10.4. The molecular weight excluding hydrogens is 525 g/mol. The Morgan fingerprint density at radius 3 is 2.75 bits per heavy atom. The number of ether oxygens (including phenoxy) is 1. The van der Waals surface area contributed by atoms with Gasteiger partial charge in [0.2, 0.25) is 0 Å². The molecule has 4 aromatic rings. The maximum Gasteiger partial charge on any atom is 0.307 e. The monoisotopic (exact) mass is 551 g/mol. The molecular formula is C28H27BrFN3O3. The summed E-state index contributed by atoms with van der Waals surface area (Å²) in [6.45, 7) is 2.55. The molecule has 2 aromatic heterocycles. The van der Waals surface area contributed by atoms with Crippen molar-refractivity contribution >= 4 is 32.9 Å². The molecule has 1 aliphatic rings. The number of benzene rings is 2. The van der Waals surface area contributed by atoms with Crippen LogP contribution in [0.2, 0.25) is 0 Å². The summed E-state index contributed by atoms with van der Waals surface area (Å²) in [7, 11) is 0. The highest BCUT2D eigenvalue weighted by atomic mass is 79.9. The van der Waals surface area contributed by atoms with Crippen molar-refractivity contribution < 1.29 is 19.0 Å². The molecule has 6 nitrogen and oxygen atoms in total. The van der Waals surface area contributed by atoms with Crippen LogP contribution < -0.4 is 4.74 Å². The second-order valence-corrected chi connectivity index (χ2v) is 10.3. The van der Waals surface area contributed by atoms with Gasteiger partial charge in [-0.05, 0) is 55.7 Å². The van der Waals surface area contributed by atoms with Gasteiger partial charge in [0.1, 0.15) is 24.0 Å². The Balaban J connectivity index is 1.55. The van der Waals surface area contributed by atoms with Gasteiger partial charge < -0.3 is 14.4 Å². The predicted octanol–water partition coefficient (Wildman–Crippen LogP) is 6.63. The van der Waals surface area contributed by atoms with E-state index in [0.29, 0.717) is 34.6 Å². The van der Waals surface area contributed by atoms with E-state index in [1.807, 2.05) is 41.8 Å². The summed E-state index contributed by atoms with van der Waals surface area (Å²) < 4.78 is 23.5. The third kappa shape index (κ3) is 5.14. The predicted molar refractivity (Wildman–Crippen MR) is 139 cm³/mol. The van der Waals surface area contributed by atoms with E-state index in [0.717, 1.165) is 41.6 Å². The van der Waals surface area contributed by atoms with E-state index in [-0.39, 0.29) is 18.3 Å². The van der Waals surface area contributed by atoms with Gasteiger partial charge in [-0.3, -0.25) is 9.78 Å². The number of fused-ring (bicyclic) bond motifs is 1. The van der Waals surface area contributed by atoms with Crippen molar-refractivity contribution in [2.45, 2.75) is 51.7 Å². The Morgan fingerprint density at radius 1 is 1.17 bits per heavy atom. The van der Waals surface area contributed by atoms with Crippen LogP contribution in [0.15, 0.2) is 59.2 Å². The highest BCUT2D eigenvalue weighted by Gasteiger charge is 2.35. The first kappa shape index (κ1) is 24.4.